The first-order valence-corrected chi connectivity index (χ1v) is 7.14. The second-order valence-corrected chi connectivity index (χ2v) is 5.53. The lowest BCUT2D eigenvalue weighted by Crippen LogP contribution is -2.20. The molecule has 0 bridgehead atoms. The number of pyridine rings is 1. The van der Waals surface area contributed by atoms with E-state index in [0.29, 0.717) is 17.5 Å². The average Bonchev–Trinajstić information content (AvgIpc) is 3.08. The Labute approximate surface area is 113 Å². The second kappa shape index (κ2) is 5.19. The molecule has 1 aromatic heterocycles. The average molecular weight is 260 g/mol. The highest BCUT2D eigenvalue weighted by molar-refractivity contribution is 5.92. The standard InChI is InChI=1S/C15H20N2O2/c1-11(18)13-6-7-14(17-8-2-3-9-17)15(16-13)19-10-12-4-5-12/h6-7,12H,2-5,8-10H2,1H3. The predicted octanol–water partition coefficient (Wildman–Crippen LogP) is 2.67. The molecule has 2 aliphatic rings. The van der Waals surface area contributed by atoms with Crippen LogP contribution in [-0.4, -0.2) is 30.5 Å². The van der Waals surface area contributed by atoms with Gasteiger partial charge in [-0.15, -0.1) is 0 Å². The summed E-state index contributed by atoms with van der Waals surface area (Å²) in [7, 11) is 0. The van der Waals surface area contributed by atoms with Crippen LogP contribution in [0, 0.1) is 5.92 Å². The zero-order valence-corrected chi connectivity index (χ0v) is 11.4. The highest BCUT2D eigenvalue weighted by Gasteiger charge is 2.24. The Morgan fingerprint density at radius 2 is 2.11 bits per heavy atom. The van der Waals surface area contributed by atoms with Crippen molar-refractivity contribution in [2.24, 2.45) is 5.92 Å². The molecule has 1 aliphatic heterocycles. The number of hydrogen-bond acceptors (Lipinski definition) is 4. The molecule has 102 valence electrons. The molecule has 19 heavy (non-hydrogen) atoms. The molecule has 1 saturated carbocycles. The smallest absolute Gasteiger partial charge is 0.238 e. The lowest BCUT2D eigenvalue weighted by molar-refractivity contribution is 0.101. The Hall–Kier alpha value is -1.58. The quantitative estimate of drug-likeness (QED) is 0.763. The molecule has 3 rings (SSSR count). The highest BCUT2D eigenvalue weighted by Crippen LogP contribution is 2.33. The third-order valence-corrected chi connectivity index (χ3v) is 3.80. The van der Waals surface area contributed by atoms with Crippen molar-refractivity contribution in [3.8, 4) is 5.88 Å². The summed E-state index contributed by atoms with van der Waals surface area (Å²) in [5, 5.41) is 0. The lowest BCUT2D eigenvalue weighted by Gasteiger charge is -2.20. The molecule has 2 heterocycles. The van der Waals surface area contributed by atoms with Crippen LogP contribution in [0.25, 0.3) is 0 Å². The zero-order chi connectivity index (χ0) is 13.2. The fourth-order valence-corrected chi connectivity index (χ4v) is 2.42. The number of nitrogens with zero attached hydrogens (tertiary/aromatic N) is 2. The fraction of sp³-hybridized carbons (Fsp3) is 0.600. The number of aromatic nitrogens is 1. The molecule has 0 aromatic carbocycles. The Bertz CT molecular complexity index is 477. The van der Waals surface area contributed by atoms with Crippen LogP contribution in [0.3, 0.4) is 0 Å². The summed E-state index contributed by atoms with van der Waals surface area (Å²) in [6, 6.07) is 3.79. The van der Waals surface area contributed by atoms with Crippen LogP contribution in [0.5, 0.6) is 5.88 Å². The Morgan fingerprint density at radius 1 is 1.37 bits per heavy atom. The fourth-order valence-electron chi connectivity index (χ4n) is 2.42. The van der Waals surface area contributed by atoms with Gasteiger partial charge in [0.05, 0.1) is 12.3 Å². The maximum atomic E-state index is 11.4. The van der Waals surface area contributed by atoms with E-state index in [4.69, 9.17) is 4.74 Å². The van der Waals surface area contributed by atoms with E-state index in [1.54, 1.807) is 13.0 Å². The van der Waals surface area contributed by atoms with Gasteiger partial charge in [0.1, 0.15) is 5.69 Å². The van der Waals surface area contributed by atoms with E-state index in [1.807, 2.05) is 6.07 Å². The summed E-state index contributed by atoms with van der Waals surface area (Å²) < 4.78 is 5.86. The van der Waals surface area contributed by atoms with Gasteiger partial charge in [0.2, 0.25) is 5.88 Å². The molecule has 0 unspecified atom stereocenters. The third kappa shape index (κ3) is 2.88. The molecular weight excluding hydrogens is 240 g/mol. The van der Waals surface area contributed by atoms with Crippen molar-refractivity contribution < 1.29 is 9.53 Å². The van der Waals surface area contributed by atoms with Gasteiger partial charge < -0.3 is 9.64 Å². The van der Waals surface area contributed by atoms with Crippen molar-refractivity contribution >= 4 is 11.5 Å². The molecule has 0 N–H and O–H groups in total. The molecule has 0 amide bonds. The zero-order valence-electron chi connectivity index (χ0n) is 11.4. The number of Topliss-reactive ketones (excluding diaryl/α,β-unsaturated/α-hetero) is 1. The van der Waals surface area contributed by atoms with Crippen LogP contribution < -0.4 is 9.64 Å². The second-order valence-electron chi connectivity index (χ2n) is 5.53. The maximum absolute atomic E-state index is 11.4. The third-order valence-electron chi connectivity index (χ3n) is 3.80. The van der Waals surface area contributed by atoms with Gasteiger partial charge in [-0.05, 0) is 43.7 Å². The maximum Gasteiger partial charge on any atom is 0.238 e. The van der Waals surface area contributed by atoms with Crippen LogP contribution in [0.2, 0.25) is 0 Å². The topological polar surface area (TPSA) is 42.4 Å². The summed E-state index contributed by atoms with van der Waals surface area (Å²) in [5.41, 5.74) is 1.54. The molecule has 0 spiro atoms. The first-order valence-electron chi connectivity index (χ1n) is 7.14. The van der Waals surface area contributed by atoms with Crippen LogP contribution in [-0.2, 0) is 0 Å². The van der Waals surface area contributed by atoms with Crippen LogP contribution in [0.4, 0.5) is 5.69 Å². The van der Waals surface area contributed by atoms with Crippen LogP contribution >= 0.6 is 0 Å². The Morgan fingerprint density at radius 3 is 2.74 bits per heavy atom. The van der Waals surface area contributed by atoms with E-state index >= 15 is 0 Å². The number of anilines is 1. The first kappa shape index (κ1) is 12.5. The molecule has 4 heteroatoms. The molecule has 0 atom stereocenters. The van der Waals surface area contributed by atoms with Gasteiger partial charge in [-0.2, -0.15) is 0 Å². The molecule has 4 nitrogen and oxygen atoms in total. The van der Waals surface area contributed by atoms with Crippen LogP contribution in [0.15, 0.2) is 12.1 Å². The number of ketones is 1. The molecule has 1 aromatic rings. The Balaban J connectivity index is 1.84. The first-order chi connectivity index (χ1) is 9.24. The van der Waals surface area contributed by atoms with Gasteiger partial charge in [0, 0.05) is 20.0 Å². The van der Waals surface area contributed by atoms with Gasteiger partial charge in [-0.1, -0.05) is 0 Å². The molecular formula is C15H20N2O2. The van der Waals surface area contributed by atoms with Crippen molar-refractivity contribution in [1.82, 2.24) is 4.98 Å². The van der Waals surface area contributed by atoms with E-state index in [1.165, 1.54) is 25.7 Å². The minimum Gasteiger partial charge on any atom is -0.476 e. The summed E-state index contributed by atoms with van der Waals surface area (Å²) in [4.78, 5) is 18.2. The lowest BCUT2D eigenvalue weighted by atomic mass is 10.2. The summed E-state index contributed by atoms with van der Waals surface area (Å²) >= 11 is 0. The number of carbonyl (C=O) groups excluding carboxylic acids is 1. The molecule has 2 fully saturated rings. The normalized spacial score (nSPS) is 18.7. The predicted molar refractivity (Wildman–Crippen MR) is 73.9 cm³/mol. The van der Waals surface area contributed by atoms with Crippen LogP contribution in [0.1, 0.15) is 43.1 Å². The van der Waals surface area contributed by atoms with E-state index in [2.05, 4.69) is 9.88 Å². The van der Waals surface area contributed by atoms with Crippen molar-refractivity contribution in [2.45, 2.75) is 32.6 Å². The van der Waals surface area contributed by atoms with Crippen molar-refractivity contribution in [3.05, 3.63) is 17.8 Å². The van der Waals surface area contributed by atoms with Crippen molar-refractivity contribution in [3.63, 3.8) is 0 Å². The minimum atomic E-state index is -0.00996. The van der Waals surface area contributed by atoms with E-state index < -0.39 is 0 Å². The van der Waals surface area contributed by atoms with Crippen molar-refractivity contribution in [1.29, 1.82) is 0 Å². The Kier molecular flexibility index (Phi) is 3.40. The SMILES string of the molecule is CC(=O)c1ccc(N2CCCC2)c(OCC2CC2)n1. The summed E-state index contributed by atoms with van der Waals surface area (Å²) in [5.74, 6) is 1.32. The number of hydrogen-bond donors (Lipinski definition) is 0. The van der Waals surface area contributed by atoms with Gasteiger partial charge in [0.25, 0.3) is 0 Å². The van der Waals surface area contributed by atoms with Gasteiger partial charge >= 0.3 is 0 Å². The highest BCUT2D eigenvalue weighted by atomic mass is 16.5. The molecule has 0 radical (unpaired) electrons. The number of rotatable bonds is 5. The summed E-state index contributed by atoms with van der Waals surface area (Å²) in [6.07, 6.45) is 4.95. The van der Waals surface area contributed by atoms with E-state index in [0.717, 1.165) is 25.4 Å². The number of carbonyl (C=O) groups is 1. The summed E-state index contributed by atoms with van der Waals surface area (Å²) in [6.45, 7) is 4.39. The molecule has 1 saturated heterocycles. The van der Waals surface area contributed by atoms with Gasteiger partial charge in [-0.25, -0.2) is 4.98 Å². The van der Waals surface area contributed by atoms with E-state index in [9.17, 15) is 4.79 Å². The monoisotopic (exact) mass is 260 g/mol. The minimum absolute atomic E-state index is 0.00996. The number of ether oxygens (including phenoxy) is 1. The van der Waals surface area contributed by atoms with E-state index in [-0.39, 0.29) is 5.78 Å². The van der Waals surface area contributed by atoms with Gasteiger partial charge in [0.15, 0.2) is 5.78 Å². The van der Waals surface area contributed by atoms with Crippen molar-refractivity contribution in [2.75, 3.05) is 24.6 Å². The largest absolute Gasteiger partial charge is 0.476 e. The molecule has 1 aliphatic carbocycles. The van der Waals surface area contributed by atoms with Gasteiger partial charge in [-0.3, -0.25) is 4.79 Å².